The maximum atomic E-state index is 13.8. The zero-order valence-corrected chi connectivity index (χ0v) is 29.1. The maximum absolute atomic E-state index is 13.8. The van der Waals surface area contributed by atoms with Crippen LogP contribution in [0.2, 0.25) is 0 Å². The van der Waals surface area contributed by atoms with Gasteiger partial charge in [0.1, 0.15) is 6.04 Å². The molecule has 1 aliphatic carbocycles. The van der Waals surface area contributed by atoms with Crippen molar-refractivity contribution in [2.24, 2.45) is 0 Å². The van der Waals surface area contributed by atoms with E-state index in [0.717, 1.165) is 33.5 Å². The van der Waals surface area contributed by atoms with E-state index in [0.29, 0.717) is 53.1 Å². The van der Waals surface area contributed by atoms with E-state index in [9.17, 15) is 19.2 Å². The number of thioether (sulfide) groups is 1. The van der Waals surface area contributed by atoms with Gasteiger partial charge in [0.25, 0.3) is 5.91 Å². The smallest absolute Gasteiger partial charge is 0.328 e. The average molecular weight is 683 g/mol. The first kappa shape index (κ1) is 34.4. The van der Waals surface area contributed by atoms with Crippen molar-refractivity contribution in [3.63, 3.8) is 0 Å². The highest BCUT2D eigenvalue weighted by atomic mass is 32.2. The van der Waals surface area contributed by atoms with Crippen molar-refractivity contribution in [2.45, 2.75) is 32.5 Å². The minimum atomic E-state index is -0.759. The highest BCUT2D eigenvalue weighted by Crippen LogP contribution is 2.32. The number of carbonyl (C=O) groups is 4. The van der Waals surface area contributed by atoms with E-state index < -0.39 is 12.0 Å². The molecule has 0 heterocycles. The number of ether oxygens (including phenoxy) is 1. The van der Waals surface area contributed by atoms with Gasteiger partial charge in [-0.15, -0.1) is 0 Å². The first-order chi connectivity index (χ1) is 24.3. The van der Waals surface area contributed by atoms with Gasteiger partial charge in [-0.3, -0.25) is 14.4 Å². The number of fused-ring (bicyclic) bond motifs is 2. The molecule has 0 saturated carbocycles. The van der Waals surface area contributed by atoms with Crippen molar-refractivity contribution < 1.29 is 23.9 Å². The molecule has 0 radical (unpaired) electrons. The lowest BCUT2D eigenvalue weighted by molar-refractivity contribution is -0.142. The van der Waals surface area contributed by atoms with Gasteiger partial charge in [0.15, 0.2) is 11.6 Å². The number of nitrogens with zero attached hydrogens (tertiary/aromatic N) is 1. The molecular weight excluding hydrogens is 645 g/mol. The van der Waals surface area contributed by atoms with Crippen LogP contribution in [0.5, 0.6) is 0 Å². The van der Waals surface area contributed by atoms with Crippen molar-refractivity contribution in [1.82, 2.24) is 5.32 Å². The minimum absolute atomic E-state index is 0.142. The van der Waals surface area contributed by atoms with Crippen LogP contribution in [0, 0.1) is 6.92 Å². The van der Waals surface area contributed by atoms with Crippen LogP contribution in [0.3, 0.4) is 0 Å². The number of rotatable bonds is 12. The van der Waals surface area contributed by atoms with Crippen LogP contribution in [-0.4, -0.2) is 48.6 Å². The van der Waals surface area contributed by atoms with Gasteiger partial charge in [0.2, 0.25) is 0 Å². The second kappa shape index (κ2) is 15.4. The molecule has 0 spiro atoms. The third-order valence-corrected chi connectivity index (χ3v) is 9.67. The molecule has 0 fully saturated rings. The van der Waals surface area contributed by atoms with E-state index in [1.807, 2.05) is 98.1 Å². The highest BCUT2D eigenvalue weighted by molar-refractivity contribution is 7.98. The summed E-state index contributed by atoms with van der Waals surface area (Å²) in [5.74, 6) is -0.417. The van der Waals surface area contributed by atoms with Gasteiger partial charge in [0.05, 0.1) is 7.11 Å². The van der Waals surface area contributed by atoms with E-state index in [-0.39, 0.29) is 17.5 Å². The molecule has 252 valence electrons. The third kappa shape index (κ3) is 7.26. The number of hydrogen-bond donors (Lipinski definition) is 1. The van der Waals surface area contributed by atoms with Crippen molar-refractivity contribution >= 4 is 40.9 Å². The first-order valence-corrected chi connectivity index (χ1v) is 17.9. The van der Waals surface area contributed by atoms with Crippen LogP contribution in [0.25, 0.3) is 11.1 Å². The van der Waals surface area contributed by atoms with Gasteiger partial charge in [-0.1, -0.05) is 78.9 Å². The number of nitrogens with one attached hydrogen (secondary N) is 1. The summed E-state index contributed by atoms with van der Waals surface area (Å²) in [6.07, 6.45) is 2.41. The monoisotopic (exact) mass is 682 g/mol. The molecule has 0 bridgehead atoms. The molecule has 1 N–H and O–H groups in total. The van der Waals surface area contributed by atoms with Crippen LogP contribution in [-0.2, 0) is 22.6 Å². The second-order valence-electron chi connectivity index (χ2n) is 12.3. The number of aryl methyl sites for hydroxylation is 1. The zero-order chi connectivity index (χ0) is 35.2. The lowest BCUT2D eigenvalue weighted by Gasteiger charge is -2.27. The number of ketones is 2. The Morgan fingerprint density at radius 1 is 0.700 bits per heavy atom. The van der Waals surface area contributed by atoms with Crippen LogP contribution in [0.1, 0.15) is 65.3 Å². The molecule has 5 aromatic carbocycles. The molecule has 8 heteroatoms. The van der Waals surface area contributed by atoms with Crippen LogP contribution in [0.15, 0.2) is 115 Å². The standard InChI is InChI=1S/C42H38N2O5S/c1-27-11-7-8-14-31(27)36-23-28(18-20-35(36)41(47)43-38(21-22-50-3)42(48)49-2)25-44(30-12-5-4-6-13-30)26-29-17-19-34-37(24-29)40(46)33-16-10-9-15-32(33)39(34)45/h4-20,23-24,38H,21-22,25-26H2,1-3H3,(H,43,47)/t38-/m0/s1. The average Bonchev–Trinajstić information content (AvgIpc) is 3.15. The molecule has 1 amide bonds. The summed E-state index contributed by atoms with van der Waals surface area (Å²) in [5, 5.41) is 2.92. The molecular formula is C42H38N2O5S. The molecule has 1 atom stereocenters. The summed E-state index contributed by atoms with van der Waals surface area (Å²) < 4.78 is 4.99. The molecule has 5 aromatic rings. The third-order valence-electron chi connectivity index (χ3n) is 9.02. The number of benzene rings is 5. The second-order valence-corrected chi connectivity index (χ2v) is 13.3. The summed E-state index contributed by atoms with van der Waals surface area (Å²) in [6.45, 7) is 2.98. The SMILES string of the molecule is COC(=O)[C@H](CCSC)NC(=O)c1ccc(CN(Cc2ccc3c(c2)C(=O)c2ccccc2C3=O)c2ccccc2)cc1-c1ccccc1C. The Kier molecular flexibility index (Phi) is 10.6. The fourth-order valence-electron chi connectivity index (χ4n) is 6.41. The van der Waals surface area contributed by atoms with Gasteiger partial charge in [-0.05, 0) is 89.6 Å². The number of para-hydroxylation sites is 1. The summed E-state index contributed by atoms with van der Waals surface area (Å²) in [5.41, 5.74) is 7.69. The van der Waals surface area contributed by atoms with E-state index in [1.54, 1.807) is 42.1 Å². The number of carbonyl (C=O) groups excluding carboxylic acids is 4. The lowest BCUT2D eigenvalue weighted by atomic mass is 9.83. The summed E-state index contributed by atoms with van der Waals surface area (Å²) >= 11 is 1.60. The Bertz CT molecular complexity index is 2080. The van der Waals surface area contributed by atoms with Gasteiger partial charge in [0, 0.05) is 46.6 Å². The number of anilines is 1. The predicted octanol–water partition coefficient (Wildman–Crippen LogP) is 7.67. The number of hydrogen-bond acceptors (Lipinski definition) is 7. The molecule has 7 nitrogen and oxygen atoms in total. The lowest BCUT2D eigenvalue weighted by Crippen LogP contribution is -2.42. The van der Waals surface area contributed by atoms with Gasteiger partial charge in [-0.2, -0.15) is 11.8 Å². The molecule has 50 heavy (non-hydrogen) atoms. The molecule has 0 saturated heterocycles. The van der Waals surface area contributed by atoms with Crippen molar-refractivity contribution in [3.05, 3.63) is 160 Å². The van der Waals surface area contributed by atoms with Gasteiger partial charge < -0.3 is 15.0 Å². The molecule has 0 unspecified atom stereocenters. The molecule has 0 aliphatic heterocycles. The Hall–Kier alpha value is -5.47. The maximum Gasteiger partial charge on any atom is 0.328 e. The van der Waals surface area contributed by atoms with Crippen LogP contribution >= 0.6 is 11.8 Å². The van der Waals surface area contributed by atoms with E-state index in [4.69, 9.17) is 4.74 Å². The number of methoxy groups -OCH3 is 1. The van der Waals surface area contributed by atoms with Gasteiger partial charge in [-0.25, -0.2) is 4.79 Å². The zero-order valence-electron chi connectivity index (χ0n) is 28.3. The fourth-order valence-corrected chi connectivity index (χ4v) is 6.88. The fraction of sp³-hybridized carbons (Fsp3) is 0.190. The quantitative estimate of drug-likeness (QED) is 0.133. The molecule has 6 rings (SSSR count). The largest absolute Gasteiger partial charge is 0.467 e. The van der Waals surface area contributed by atoms with Crippen molar-refractivity contribution in [3.8, 4) is 11.1 Å². The minimum Gasteiger partial charge on any atom is -0.467 e. The normalized spacial score (nSPS) is 12.5. The topological polar surface area (TPSA) is 92.8 Å². The summed E-state index contributed by atoms with van der Waals surface area (Å²) in [6, 6.07) is 35.4. The predicted molar refractivity (Wildman–Crippen MR) is 199 cm³/mol. The van der Waals surface area contributed by atoms with E-state index in [2.05, 4.69) is 10.2 Å². The van der Waals surface area contributed by atoms with Crippen molar-refractivity contribution in [1.29, 1.82) is 0 Å². The Labute approximate surface area is 296 Å². The van der Waals surface area contributed by atoms with Crippen molar-refractivity contribution in [2.75, 3.05) is 24.0 Å². The summed E-state index contributed by atoms with van der Waals surface area (Å²) in [7, 11) is 1.33. The number of esters is 1. The number of amides is 1. The van der Waals surface area contributed by atoms with Gasteiger partial charge >= 0.3 is 5.97 Å². The van der Waals surface area contributed by atoms with Crippen LogP contribution < -0.4 is 10.2 Å². The molecule has 1 aliphatic rings. The summed E-state index contributed by atoms with van der Waals surface area (Å²) in [4.78, 5) is 55.3. The molecule has 0 aromatic heterocycles. The highest BCUT2D eigenvalue weighted by Gasteiger charge is 2.30. The Balaban J connectivity index is 1.34. The first-order valence-electron chi connectivity index (χ1n) is 16.5. The Morgan fingerprint density at radius 2 is 1.26 bits per heavy atom. The Morgan fingerprint density at radius 3 is 1.90 bits per heavy atom. The van der Waals surface area contributed by atoms with Crippen LogP contribution in [0.4, 0.5) is 5.69 Å². The van der Waals surface area contributed by atoms with E-state index >= 15 is 0 Å². The van der Waals surface area contributed by atoms with E-state index in [1.165, 1.54) is 7.11 Å².